The Morgan fingerprint density at radius 1 is 0.886 bits per heavy atom. The molecule has 3 aromatic carbocycles. The summed E-state index contributed by atoms with van der Waals surface area (Å²) in [6, 6.07) is 26.4. The largest absolute Gasteiger partial charge is 0.404 e. The minimum Gasteiger partial charge on any atom is -0.404 e. The average Bonchev–Trinajstić information content (AvgIpc) is 3.23. The number of fused-ring (bicyclic) bond motifs is 3. The minimum atomic E-state index is 0.290. The second-order valence-corrected chi connectivity index (χ2v) is 8.08. The van der Waals surface area contributed by atoms with Gasteiger partial charge in [0, 0.05) is 45.6 Å². The first-order valence-corrected chi connectivity index (χ1v) is 11.0. The van der Waals surface area contributed by atoms with Gasteiger partial charge in [0.05, 0.1) is 23.2 Å². The van der Waals surface area contributed by atoms with Gasteiger partial charge < -0.3 is 15.7 Å². The summed E-state index contributed by atoms with van der Waals surface area (Å²) in [7, 11) is 0. The summed E-state index contributed by atoms with van der Waals surface area (Å²) in [6.07, 6.45) is 6.14. The molecule has 0 bridgehead atoms. The van der Waals surface area contributed by atoms with Gasteiger partial charge in [-0.05, 0) is 60.0 Å². The number of aromatic nitrogens is 1. The number of rotatable bonds is 6. The van der Waals surface area contributed by atoms with E-state index < -0.39 is 0 Å². The highest BCUT2D eigenvalue weighted by atomic mass is 15.0. The van der Waals surface area contributed by atoms with Gasteiger partial charge in [0.2, 0.25) is 0 Å². The van der Waals surface area contributed by atoms with Crippen LogP contribution in [-0.4, -0.2) is 10.8 Å². The van der Waals surface area contributed by atoms with Crippen LogP contribution in [0.3, 0.4) is 0 Å². The standard InChI is InChI=1S/C30H23N5/c1-20(16-31)12-24(18-33)22-8-10-27-28-11-9-23(25(19-34)13-21(2)17-32)15-30(28)35(29(27)14-22)26-6-4-3-5-7-26/h3-15,18-19,33H,1,34H2,2H3/b21-13+,24-12+,25-19+,33-18?. The van der Waals surface area contributed by atoms with Crippen LogP contribution >= 0.6 is 0 Å². The van der Waals surface area contributed by atoms with Crippen molar-refractivity contribution in [2.45, 2.75) is 6.92 Å². The van der Waals surface area contributed by atoms with Crippen molar-refractivity contribution in [2.24, 2.45) is 5.73 Å². The van der Waals surface area contributed by atoms with Gasteiger partial charge in [-0.1, -0.05) is 49.0 Å². The fraction of sp³-hybridized carbons (Fsp3) is 0.0333. The van der Waals surface area contributed by atoms with E-state index in [0.29, 0.717) is 16.7 Å². The molecule has 0 fully saturated rings. The molecule has 0 saturated heterocycles. The lowest BCUT2D eigenvalue weighted by atomic mass is 10.0. The van der Waals surface area contributed by atoms with Crippen LogP contribution in [0.4, 0.5) is 0 Å². The van der Waals surface area contributed by atoms with E-state index in [1.165, 1.54) is 12.4 Å². The Kier molecular flexibility index (Phi) is 6.44. The second kappa shape index (κ2) is 9.79. The highest BCUT2D eigenvalue weighted by molar-refractivity contribution is 6.14. The van der Waals surface area contributed by atoms with Crippen molar-refractivity contribution in [3.63, 3.8) is 0 Å². The van der Waals surface area contributed by atoms with E-state index in [0.717, 1.165) is 44.2 Å². The molecule has 4 rings (SSSR count). The van der Waals surface area contributed by atoms with Crippen LogP contribution in [0.15, 0.2) is 103 Å². The van der Waals surface area contributed by atoms with Crippen LogP contribution in [0.1, 0.15) is 18.1 Å². The van der Waals surface area contributed by atoms with Crippen LogP contribution in [0.2, 0.25) is 0 Å². The molecule has 0 radical (unpaired) electrons. The van der Waals surface area contributed by atoms with Gasteiger partial charge >= 0.3 is 0 Å². The molecule has 3 N–H and O–H groups in total. The smallest absolute Gasteiger partial charge is 0.0985 e. The molecular formula is C30H23N5. The molecule has 4 aromatic rings. The van der Waals surface area contributed by atoms with Crippen molar-refractivity contribution < 1.29 is 0 Å². The van der Waals surface area contributed by atoms with Gasteiger partial charge in [-0.3, -0.25) is 0 Å². The number of hydrogen-bond donors (Lipinski definition) is 2. The fourth-order valence-corrected chi connectivity index (χ4v) is 4.15. The topological polar surface area (TPSA) is 102 Å². The lowest BCUT2D eigenvalue weighted by molar-refractivity contribution is 1.18. The van der Waals surface area contributed by atoms with Gasteiger partial charge in [-0.15, -0.1) is 0 Å². The summed E-state index contributed by atoms with van der Waals surface area (Å²) in [5, 5.41) is 28.4. The Hall–Kier alpha value is -5.13. The number of nitrogens with one attached hydrogen (secondary N) is 1. The van der Waals surface area contributed by atoms with Crippen LogP contribution < -0.4 is 5.73 Å². The zero-order valence-corrected chi connectivity index (χ0v) is 19.3. The maximum Gasteiger partial charge on any atom is 0.0985 e. The molecule has 35 heavy (non-hydrogen) atoms. The fourth-order valence-electron chi connectivity index (χ4n) is 4.15. The Bertz CT molecular complexity index is 1650. The summed E-state index contributed by atoms with van der Waals surface area (Å²) in [6.45, 7) is 5.47. The number of nitrogens with two attached hydrogens (primary N) is 1. The highest BCUT2D eigenvalue weighted by Crippen LogP contribution is 2.35. The van der Waals surface area contributed by atoms with E-state index in [1.54, 1.807) is 19.1 Å². The quantitative estimate of drug-likeness (QED) is 0.194. The first kappa shape index (κ1) is 23.0. The molecule has 0 saturated carbocycles. The van der Waals surface area contributed by atoms with Crippen molar-refractivity contribution in [3.05, 3.63) is 114 Å². The van der Waals surface area contributed by atoms with Gasteiger partial charge in [0.25, 0.3) is 0 Å². The van der Waals surface area contributed by atoms with Crippen molar-refractivity contribution in [1.82, 2.24) is 4.57 Å². The SMILES string of the molecule is C=C(C#N)/C=C(\C=N)c1ccc2c3ccc(C(/C=C(\C)C#N)=C/N)cc3n(-c3ccccc3)c2c1. The predicted octanol–water partition coefficient (Wildman–Crippen LogP) is 6.67. The Morgan fingerprint density at radius 2 is 1.49 bits per heavy atom. The Morgan fingerprint density at radius 3 is 2.00 bits per heavy atom. The van der Waals surface area contributed by atoms with Crippen molar-refractivity contribution >= 4 is 39.2 Å². The van der Waals surface area contributed by atoms with E-state index in [9.17, 15) is 5.26 Å². The Labute approximate surface area is 204 Å². The van der Waals surface area contributed by atoms with E-state index in [4.69, 9.17) is 16.4 Å². The highest BCUT2D eigenvalue weighted by Gasteiger charge is 2.15. The average molecular weight is 454 g/mol. The summed E-state index contributed by atoms with van der Waals surface area (Å²) < 4.78 is 2.17. The number of benzene rings is 3. The van der Waals surface area contributed by atoms with E-state index in [1.807, 2.05) is 60.7 Å². The molecule has 0 aliphatic rings. The number of allylic oxidation sites excluding steroid dienone is 6. The zero-order chi connectivity index (χ0) is 24.9. The molecule has 168 valence electrons. The maximum absolute atomic E-state index is 9.21. The maximum atomic E-state index is 9.21. The van der Waals surface area contributed by atoms with Gasteiger partial charge in [0.15, 0.2) is 0 Å². The van der Waals surface area contributed by atoms with E-state index >= 15 is 0 Å². The van der Waals surface area contributed by atoms with Crippen molar-refractivity contribution in [1.29, 1.82) is 15.9 Å². The molecule has 0 unspecified atom stereocenters. The van der Waals surface area contributed by atoms with E-state index in [-0.39, 0.29) is 0 Å². The molecule has 5 heteroatoms. The third kappa shape index (κ3) is 4.39. The van der Waals surface area contributed by atoms with Crippen LogP contribution in [-0.2, 0) is 0 Å². The number of hydrogen-bond acceptors (Lipinski definition) is 4. The molecule has 0 aliphatic heterocycles. The van der Waals surface area contributed by atoms with E-state index in [2.05, 4.69) is 29.3 Å². The molecule has 0 aliphatic carbocycles. The molecule has 1 heterocycles. The molecule has 1 aromatic heterocycles. The lowest BCUT2D eigenvalue weighted by Gasteiger charge is -2.10. The van der Waals surface area contributed by atoms with Crippen LogP contribution in [0, 0.1) is 28.1 Å². The zero-order valence-electron chi connectivity index (χ0n) is 19.3. The van der Waals surface area contributed by atoms with Crippen LogP contribution in [0.5, 0.6) is 0 Å². The molecule has 0 spiro atoms. The molecule has 5 nitrogen and oxygen atoms in total. The summed E-state index contributed by atoms with van der Waals surface area (Å²) in [5.41, 5.74) is 12.8. The van der Waals surface area contributed by atoms with Gasteiger partial charge in [-0.2, -0.15) is 10.5 Å². The molecule has 0 atom stereocenters. The molecular weight excluding hydrogens is 430 g/mol. The van der Waals surface area contributed by atoms with Crippen molar-refractivity contribution in [2.75, 3.05) is 0 Å². The number of nitriles is 2. The van der Waals surface area contributed by atoms with Crippen LogP contribution in [0.25, 0.3) is 38.6 Å². The van der Waals surface area contributed by atoms with Gasteiger partial charge in [0.1, 0.15) is 0 Å². The predicted molar refractivity (Wildman–Crippen MR) is 144 cm³/mol. The minimum absolute atomic E-state index is 0.290. The first-order valence-electron chi connectivity index (χ1n) is 11.0. The van der Waals surface area contributed by atoms with Gasteiger partial charge in [-0.25, -0.2) is 0 Å². The lowest BCUT2D eigenvalue weighted by Crippen LogP contribution is -1.95. The monoisotopic (exact) mass is 453 g/mol. The number of nitrogens with zero attached hydrogens (tertiary/aromatic N) is 3. The number of para-hydroxylation sites is 1. The summed E-state index contributed by atoms with van der Waals surface area (Å²) in [5.74, 6) is 0. The first-order chi connectivity index (χ1) is 17.0. The van der Waals surface area contributed by atoms with Crippen molar-refractivity contribution in [3.8, 4) is 17.8 Å². The molecule has 0 amide bonds. The second-order valence-electron chi connectivity index (χ2n) is 8.08. The normalized spacial score (nSPS) is 12.4. The third-order valence-electron chi connectivity index (χ3n) is 5.81. The third-order valence-corrected chi connectivity index (χ3v) is 5.81. The summed E-state index contributed by atoms with van der Waals surface area (Å²) in [4.78, 5) is 0. The Balaban J connectivity index is 2.05. The summed E-state index contributed by atoms with van der Waals surface area (Å²) >= 11 is 0.